The van der Waals surface area contributed by atoms with Crippen LogP contribution in [-0.4, -0.2) is 31.5 Å². The summed E-state index contributed by atoms with van der Waals surface area (Å²) < 4.78 is 33.0. The fourth-order valence-corrected chi connectivity index (χ4v) is 5.32. The first-order chi connectivity index (χ1) is 20.6. The maximum Gasteiger partial charge on any atom is 1.00 e. The quantitative estimate of drug-likeness (QED) is 0.0506. The number of unbranched alkanes of at least 4 members (excludes halogenated alkanes) is 24. The minimum atomic E-state index is -4.23. The first-order valence-corrected chi connectivity index (χ1v) is 18.7. The van der Waals surface area contributed by atoms with Crippen LogP contribution in [-0.2, 0) is 24.2 Å². The number of carboxylic acids is 2. The van der Waals surface area contributed by atoms with Gasteiger partial charge in [-0.1, -0.05) is 168 Å². The van der Waals surface area contributed by atoms with Crippen molar-refractivity contribution >= 4 is 22.3 Å². The summed E-state index contributed by atoms with van der Waals surface area (Å²) in [7, 11) is -4.23. The molecule has 0 aliphatic heterocycles. The molecular formula is C34H64Na2O8S. The molecule has 0 radical (unpaired) electrons. The molecule has 0 saturated heterocycles. The molecule has 0 spiro atoms. The van der Waals surface area contributed by atoms with Crippen molar-refractivity contribution in [3.63, 3.8) is 0 Å². The number of hydrogen-bond donors (Lipinski definition) is 1. The monoisotopic (exact) mass is 678 g/mol. The van der Waals surface area contributed by atoms with Crippen molar-refractivity contribution < 1.29 is 96.1 Å². The van der Waals surface area contributed by atoms with Gasteiger partial charge in [0.1, 0.15) is 0 Å². The third-order valence-electron chi connectivity index (χ3n) is 7.58. The van der Waals surface area contributed by atoms with Crippen LogP contribution in [0.5, 0.6) is 0 Å². The Balaban J connectivity index is -0.000000387. The zero-order valence-electron chi connectivity index (χ0n) is 29.6. The maximum absolute atomic E-state index is 10.8. The fourth-order valence-electron chi connectivity index (χ4n) is 4.99. The molecule has 256 valence electrons. The molecule has 0 aromatic carbocycles. The van der Waals surface area contributed by atoms with Crippen molar-refractivity contribution in [1.82, 2.24) is 0 Å². The van der Waals surface area contributed by atoms with E-state index in [9.17, 15) is 28.2 Å². The largest absolute Gasteiger partial charge is 1.00 e. The van der Waals surface area contributed by atoms with Crippen LogP contribution < -0.4 is 69.3 Å². The smallest absolute Gasteiger partial charge is 0.545 e. The Kier molecular flexibility index (Phi) is 47.4. The number of aliphatic carboxylic acids is 2. The molecular weight excluding hydrogens is 614 g/mol. The Morgan fingerprint density at radius 2 is 0.844 bits per heavy atom. The van der Waals surface area contributed by atoms with Crippen LogP contribution in [0.1, 0.15) is 187 Å². The zero-order chi connectivity index (χ0) is 32.4. The molecule has 0 unspecified atom stereocenters. The summed E-state index contributed by atoms with van der Waals surface area (Å²) in [6.07, 6.45) is 32.8. The van der Waals surface area contributed by atoms with E-state index in [2.05, 4.69) is 18.0 Å². The molecule has 45 heavy (non-hydrogen) atoms. The third kappa shape index (κ3) is 49.1. The predicted molar refractivity (Wildman–Crippen MR) is 172 cm³/mol. The molecule has 0 aromatic rings. The summed E-state index contributed by atoms with van der Waals surface area (Å²) in [6, 6.07) is 0. The van der Waals surface area contributed by atoms with Crippen LogP contribution in [0.4, 0.5) is 0 Å². The minimum Gasteiger partial charge on any atom is -0.545 e. The summed E-state index contributed by atoms with van der Waals surface area (Å²) in [5.74, 6) is -2.88. The Bertz CT molecular complexity index is 776. The Hall–Kier alpha value is 0.550. The van der Waals surface area contributed by atoms with E-state index in [4.69, 9.17) is 4.55 Å². The van der Waals surface area contributed by atoms with Crippen molar-refractivity contribution in [1.29, 1.82) is 0 Å². The summed E-state index contributed by atoms with van der Waals surface area (Å²) in [5.41, 5.74) is -0.171. The van der Waals surface area contributed by atoms with Gasteiger partial charge < -0.3 is 19.8 Å². The molecule has 0 aromatic heterocycles. The molecule has 0 rings (SSSR count). The van der Waals surface area contributed by atoms with Gasteiger partial charge in [-0.3, -0.25) is 4.55 Å². The van der Waals surface area contributed by atoms with Crippen molar-refractivity contribution in [3.8, 4) is 0 Å². The van der Waals surface area contributed by atoms with Gasteiger partial charge in [-0.15, -0.1) is 0 Å². The van der Waals surface area contributed by atoms with Crippen LogP contribution >= 0.6 is 0 Å². The molecule has 0 saturated carbocycles. The minimum absolute atomic E-state index is 0. The Morgan fingerprint density at radius 1 is 0.556 bits per heavy atom. The van der Waals surface area contributed by atoms with Gasteiger partial charge in [0, 0.05) is 0 Å². The second kappa shape index (κ2) is 40.7. The molecule has 1 N–H and O–H groups in total. The molecule has 0 heterocycles. The maximum atomic E-state index is 10.8. The van der Waals surface area contributed by atoms with E-state index in [0.717, 1.165) is 25.7 Å². The second-order valence-corrected chi connectivity index (χ2v) is 12.9. The van der Waals surface area contributed by atoms with Crippen molar-refractivity contribution in [2.75, 3.05) is 6.61 Å². The average molecular weight is 679 g/mol. The van der Waals surface area contributed by atoms with Crippen LogP contribution in [0.3, 0.4) is 0 Å². The second-order valence-electron chi connectivity index (χ2n) is 11.8. The van der Waals surface area contributed by atoms with E-state index in [1.54, 1.807) is 0 Å². The van der Waals surface area contributed by atoms with Crippen molar-refractivity contribution in [2.24, 2.45) is 0 Å². The average Bonchev–Trinajstić information content (AvgIpc) is 2.94. The van der Waals surface area contributed by atoms with Crippen LogP contribution in [0.15, 0.2) is 11.6 Å². The van der Waals surface area contributed by atoms with Gasteiger partial charge in [-0.25, -0.2) is 4.18 Å². The standard InChI is InChI=1S/C22H40O4.C12H26O4S.2Na/c1-2-3-4-5-6-7-8-9-10-11-12-13-14-15-16-17-18-20(22(25)26)19-21(23)24;1-2-3-4-5-6-7-8-9-10-11-12-16-17(13,14)15;;/h19H,2-18H2,1H3,(H,23,24)(H,25,26);2-12H2,1H3,(H,13,14,15);;/q;;2*+1/p-2/b20-19+;;;. The van der Waals surface area contributed by atoms with Crippen LogP contribution in [0.2, 0.25) is 0 Å². The molecule has 8 nitrogen and oxygen atoms in total. The first kappa shape index (κ1) is 52.4. The number of hydrogen-bond acceptors (Lipinski definition) is 7. The number of carboxylic acid groups (broad SMARTS) is 2. The SMILES string of the molecule is CCCCCCCCCCCCCCCCCC/C(=C\C(=O)[O-])C(=O)[O-].CCCCCCCCCCCCOS(=O)(=O)O.[Na+].[Na+]. The van der Waals surface area contributed by atoms with E-state index in [-0.39, 0.29) is 77.7 Å². The van der Waals surface area contributed by atoms with Gasteiger partial charge in [-0.05, 0) is 30.9 Å². The third-order valence-corrected chi connectivity index (χ3v) is 8.05. The summed E-state index contributed by atoms with van der Waals surface area (Å²) in [6.45, 7) is 4.56. The molecule has 11 heteroatoms. The molecule has 0 aliphatic rings. The summed E-state index contributed by atoms with van der Waals surface area (Å²) in [4.78, 5) is 21.2. The Labute approximate surface area is 321 Å². The van der Waals surface area contributed by atoms with E-state index >= 15 is 0 Å². The van der Waals surface area contributed by atoms with E-state index in [0.29, 0.717) is 18.9 Å². The van der Waals surface area contributed by atoms with Crippen LogP contribution in [0, 0.1) is 0 Å². The van der Waals surface area contributed by atoms with Gasteiger partial charge in [0.05, 0.1) is 18.5 Å². The van der Waals surface area contributed by atoms with Crippen molar-refractivity contribution in [2.45, 2.75) is 187 Å². The molecule has 0 aliphatic carbocycles. The van der Waals surface area contributed by atoms with E-state index in [1.807, 2.05) is 0 Å². The number of carbonyl (C=O) groups is 2. The number of carbonyl (C=O) groups excluding carboxylic acids is 2. The number of rotatable bonds is 31. The van der Waals surface area contributed by atoms with Gasteiger partial charge in [0.2, 0.25) is 0 Å². The molecule has 0 amide bonds. The first-order valence-electron chi connectivity index (χ1n) is 17.4. The molecule has 0 bridgehead atoms. The summed E-state index contributed by atoms with van der Waals surface area (Å²) >= 11 is 0. The topological polar surface area (TPSA) is 144 Å². The van der Waals surface area contributed by atoms with E-state index < -0.39 is 22.3 Å². The van der Waals surface area contributed by atoms with Gasteiger partial charge >= 0.3 is 69.5 Å². The molecule has 0 atom stereocenters. The van der Waals surface area contributed by atoms with Gasteiger partial charge in [0.15, 0.2) is 0 Å². The van der Waals surface area contributed by atoms with Crippen LogP contribution in [0.25, 0.3) is 0 Å². The van der Waals surface area contributed by atoms with Gasteiger partial charge in [-0.2, -0.15) is 8.42 Å². The summed E-state index contributed by atoms with van der Waals surface area (Å²) in [5, 5.41) is 21.2. The Morgan fingerprint density at radius 3 is 1.11 bits per heavy atom. The predicted octanol–water partition coefficient (Wildman–Crippen LogP) is 1.80. The normalized spacial score (nSPS) is 11.2. The van der Waals surface area contributed by atoms with Crippen molar-refractivity contribution in [3.05, 3.63) is 11.6 Å². The fraction of sp³-hybridized carbons (Fsp3) is 0.882. The van der Waals surface area contributed by atoms with Gasteiger partial charge in [0.25, 0.3) is 0 Å². The molecule has 0 fully saturated rings. The van der Waals surface area contributed by atoms with E-state index in [1.165, 1.54) is 128 Å². The zero-order valence-corrected chi connectivity index (χ0v) is 34.4.